The Labute approximate surface area is 108 Å². The van der Waals surface area contributed by atoms with Crippen molar-refractivity contribution in [1.29, 1.82) is 0 Å². The quantitative estimate of drug-likeness (QED) is 0.870. The Kier molecular flexibility index (Phi) is 4.37. The molecule has 1 N–H and O–H groups in total. The molecule has 0 spiro atoms. The Morgan fingerprint density at radius 3 is 2.50 bits per heavy atom. The van der Waals surface area contributed by atoms with Gasteiger partial charge in [-0.25, -0.2) is 8.42 Å². The molecular weight excluding hydrogens is 250 g/mol. The van der Waals surface area contributed by atoms with Crippen LogP contribution in [0.5, 0.6) is 0 Å². The van der Waals surface area contributed by atoms with Crippen molar-refractivity contribution < 1.29 is 13.2 Å². The maximum absolute atomic E-state index is 11.3. The molecule has 5 heteroatoms. The van der Waals surface area contributed by atoms with Gasteiger partial charge in [0.25, 0.3) is 0 Å². The molecule has 0 aliphatic carbocycles. The minimum Gasteiger partial charge on any atom is -0.380 e. The van der Waals surface area contributed by atoms with Crippen molar-refractivity contribution in [2.24, 2.45) is 0 Å². The fourth-order valence-corrected chi connectivity index (χ4v) is 3.85. The number of benzene rings is 1. The number of hydrogen-bond donors (Lipinski definition) is 1. The van der Waals surface area contributed by atoms with E-state index in [4.69, 9.17) is 4.74 Å². The summed E-state index contributed by atoms with van der Waals surface area (Å²) in [5, 5.41) is 3.29. The zero-order chi connectivity index (χ0) is 13.0. The van der Waals surface area contributed by atoms with Crippen molar-refractivity contribution in [2.75, 3.05) is 18.6 Å². The lowest BCUT2D eigenvalue weighted by Crippen LogP contribution is -2.29. The predicted molar refractivity (Wildman–Crippen MR) is 71.1 cm³/mol. The van der Waals surface area contributed by atoms with Crippen molar-refractivity contribution in [2.45, 2.75) is 25.6 Å². The highest BCUT2D eigenvalue weighted by molar-refractivity contribution is 7.91. The molecule has 0 aromatic heterocycles. The van der Waals surface area contributed by atoms with E-state index in [0.717, 1.165) is 12.0 Å². The SMILES string of the molecule is COCc1ccc(CNC2CCS(=O)(=O)C2)cc1. The molecule has 0 radical (unpaired) electrons. The van der Waals surface area contributed by atoms with E-state index in [2.05, 4.69) is 5.32 Å². The van der Waals surface area contributed by atoms with Crippen LogP contribution < -0.4 is 5.32 Å². The van der Waals surface area contributed by atoms with Gasteiger partial charge in [-0.2, -0.15) is 0 Å². The molecule has 1 saturated heterocycles. The summed E-state index contributed by atoms with van der Waals surface area (Å²) in [6.07, 6.45) is 0.726. The summed E-state index contributed by atoms with van der Waals surface area (Å²) in [6.45, 7) is 1.34. The second kappa shape index (κ2) is 5.82. The molecule has 1 unspecified atom stereocenters. The Bertz CT molecular complexity index is 481. The standard InChI is InChI=1S/C13H19NO3S/c1-17-9-12-4-2-11(3-5-12)8-14-13-6-7-18(15,16)10-13/h2-5,13-14H,6-10H2,1H3. The molecule has 0 bridgehead atoms. The van der Waals surface area contributed by atoms with Gasteiger partial charge in [0.05, 0.1) is 18.1 Å². The normalized spacial score (nSPS) is 22.2. The molecule has 18 heavy (non-hydrogen) atoms. The average molecular weight is 269 g/mol. The summed E-state index contributed by atoms with van der Waals surface area (Å²) in [5.41, 5.74) is 2.31. The Morgan fingerprint density at radius 1 is 1.28 bits per heavy atom. The maximum Gasteiger partial charge on any atom is 0.151 e. The van der Waals surface area contributed by atoms with E-state index in [1.54, 1.807) is 7.11 Å². The highest BCUT2D eigenvalue weighted by Crippen LogP contribution is 2.12. The molecule has 1 atom stereocenters. The zero-order valence-corrected chi connectivity index (χ0v) is 11.4. The Hall–Kier alpha value is -0.910. The summed E-state index contributed by atoms with van der Waals surface area (Å²) in [7, 11) is -1.12. The molecule has 1 heterocycles. The van der Waals surface area contributed by atoms with Gasteiger partial charge >= 0.3 is 0 Å². The predicted octanol–water partition coefficient (Wildman–Crippen LogP) is 1.11. The number of sulfone groups is 1. The zero-order valence-electron chi connectivity index (χ0n) is 10.6. The number of ether oxygens (including phenoxy) is 1. The summed E-state index contributed by atoms with van der Waals surface area (Å²) >= 11 is 0. The van der Waals surface area contributed by atoms with Crippen LogP contribution in [-0.4, -0.2) is 33.1 Å². The summed E-state index contributed by atoms with van der Waals surface area (Å²) in [5.74, 6) is 0.589. The van der Waals surface area contributed by atoms with Crippen LogP contribution in [0.15, 0.2) is 24.3 Å². The van der Waals surface area contributed by atoms with Gasteiger partial charge in [0.2, 0.25) is 0 Å². The fourth-order valence-electron chi connectivity index (χ4n) is 2.14. The largest absolute Gasteiger partial charge is 0.380 e. The molecule has 100 valence electrons. The lowest BCUT2D eigenvalue weighted by molar-refractivity contribution is 0.185. The van der Waals surface area contributed by atoms with E-state index in [0.29, 0.717) is 18.9 Å². The molecule has 0 saturated carbocycles. The Balaban J connectivity index is 1.83. The highest BCUT2D eigenvalue weighted by atomic mass is 32.2. The number of nitrogens with one attached hydrogen (secondary N) is 1. The van der Waals surface area contributed by atoms with Gasteiger partial charge in [0, 0.05) is 19.7 Å². The molecule has 1 aromatic carbocycles. The van der Waals surface area contributed by atoms with Crippen LogP contribution in [0.4, 0.5) is 0 Å². The van der Waals surface area contributed by atoms with E-state index in [-0.39, 0.29) is 11.8 Å². The first-order valence-electron chi connectivity index (χ1n) is 6.09. The molecule has 1 fully saturated rings. The third kappa shape index (κ3) is 3.80. The van der Waals surface area contributed by atoms with Crippen LogP contribution in [-0.2, 0) is 27.7 Å². The van der Waals surface area contributed by atoms with E-state index in [9.17, 15) is 8.42 Å². The number of hydrogen-bond acceptors (Lipinski definition) is 4. The fraction of sp³-hybridized carbons (Fsp3) is 0.538. The average Bonchev–Trinajstić information content (AvgIpc) is 2.69. The topological polar surface area (TPSA) is 55.4 Å². The molecular formula is C13H19NO3S. The minimum absolute atomic E-state index is 0.105. The lowest BCUT2D eigenvalue weighted by Gasteiger charge is -2.10. The number of methoxy groups -OCH3 is 1. The van der Waals surface area contributed by atoms with Gasteiger partial charge in [0.1, 0.15) is 0 Å². The van der Waals surface area contributed by atoms with Gasteiger partial charge in [-0.3, -0.25) is 0 Å². The minimum atomic E-state index is -2.79. The molecule has 4 nitrogen and oxygen atoms in total. The van der Waals surface area contributed by atoms with Crippen molar-refractivity contribution in [3.8, 4) is 0 Å². The molecule has 1 aliphatic rings. The smallest absolute Gasteiger partial charge is 0.151 e. The van der Waals surface area contributed by atoms with Crippen molar-refractivity contribution >= 4 is 9.84 Å². The van der Waals surface area contributed by atoms with Crippen molar-refractivity contribution in [3.05, 3.63) is 35.4 Å². The van der Waals surface area contributed by atoms with E-state index < -0.39 is 9.84 Å². The van der Waals surface area contributed by atoms with E-state index >= 15 is 0 Å². The second-order valence-corrected chi connectivity index (χ2v) is 6.96. The van der Waals surface area contributed by atoms with Gasteiger partial charge in [-0.05, 0) is 17.5 Å². The third-order valence-corrected chi connectivity index (χ3v) is 4.93. The van der Waals surface area contributed by atoms with Crippen LogP contribution in [0.3, 0.4) is 0 Å². The monoisotopic (exact) mass is 269 g/mol. The lowest BCUT2D eigenvalue weighted by atomic mass is 10.1. The van der Waals surface area contributed by atoms with Gasteiger partial charge in [-0.15, -0.1) is 0 Å². The van der Waals surface area contributed by atoms with Crippen LogP contribution in [0, 0.1) is 0 Å². The number of rotatable bonds is 5. The van der Waals surface area contributed by atoms with Crippen molar-refractivity contribution in [3.63, 3.8) is 0 Å². The summed E-state index contributed by atoms with van der Waals surface area (Å²) in [4.78, 5) is 0. The molecule has 1 aliphatic heterocycles. The third-order valence-electron chi connectivity index (χ3n) is 3.16. The van der Waals surface area contributed by atoms with Crippen LogP contribution in [0.1, 0.15) is 17.5 Å². The first-order chi connectivity index (χ1) is 8.59. The molecule has 2 rings (SSSR count). The maximum atomic E-state index is 11.3. The van der Waals surface area contributed by atoms with Crippen LogP contribution in [0.25, 0.3) is 0 Å². The van der Waals surface area contributed by atoms with Crippen LogP contribution in [0.2, 0.25) is 0 Å². The summed E-state index contributed by atoms with van der Waals surface area (Å²) in [6, 6.07) is 8.27. The van der Waals surface area contributed by atoms with E-state index in [1.807, 2.05) is 24.3 Å². The molecule has 1 aromatic rings. The van der Waals surface area contributed by atoms with Gasteiger partial charge in [0.15, 0.2) is 9.84 Å². The van der Waals surface area contributed by atoms with Gasteiger partial charge < -0.3 is 10.1 Å². The summed E-state index contributed by atoms with van der Waals surface area (Å²) < 4.78 is 27.7. The van der Waals surface area contributed by atoms with Crippen molar-refractivity contribution in [1.82, 2.24) is 5.32 Å². The highest BCUT2D eigenvalue weighted by Gasteiger charge is 2.27. The van der Waals surface area contributed by atoms with Crippen LogP contribution >= 0.6 is 0 Å². The molecule has 0 amide bonds. The Morgan fingerprint density at radius 2 is 1.94 bits per heavy atom. The van der Waals surface area contributed by atoms with Gasteiger partial charge in [-0.1, -0.05) is 24.3 Å². The first-order valence-corrected chi connectivity index (χ1v) is 7.92. The first kappa shape index (κ1) is 13.5. The second-order valence-electron chi connectivity index (χ2n) is 4.73. The van der Waals surface area contributed by atoms with E-state index in [1.165, 1.54) is 5.56 Å².